The summed E-state index contributed by atoms with van der Waals surface area (Å²) in [6.07, 6.45) is 2.29. The number of nitrogens with zero attached hydrogens (tertiary/aromatic N) is 2. The monoisotopic (exact) mass is 447 g/mol. The average molecular weight is 448 g/mol. The maximum Gasteiger partial charge on any atom is 0.239 e. The molecule has 1 aromatic heterocycles. The van der Waals surface area contributed by atoms with Gasteiger partial charge in [0.25, 0.3) is 0 Å². The Morgan fingerprint density at radius 2 is 2.00 bits per heavy atom. The summed E-state index contributed by atoms with van der Waals surface area (Å²) in [5.41, 5.74) is 1.60. The number of nitrogens with one attached hydrogen (secondary N) is 1. The Morgan fingerprint density at radius 3 is 2.77 bits per heavy atom. The molecule has 2 aromatic rings. The number of benzene rings is 1. The van der Waals surface area contributed by atoms with Gasteiger partial charge in [0.1, 0.15) is 5.75 Å². The van der Waals surface area contributed by atoms with Gasteiger partial charge in [0.05, 0.1) is 11.7 Å². The highest BCUT2D eigenvalue weighted by atomic mass is 35.5. The minimum atomic E-state index is -0.189. The van der Waals surface area contributed by atoms with Gasteiger partial charge >= 0.3 is 0 Å². The minimum absolute atomic E-state index is 0.000263. The number of piperidine rings is 1. The van der Waals surface area contributed by atoms with E-state index in [2.05, 4.69) is 21.7 Å². The van der Waals surface area contributed by atoms with Crippen LogP contribution in [0.15, 0.2) is 29.6 Å². The summed E-state index contributed by atoms with van der Waals surface area (Å²) in [4.78, 5) is 31.2. The molecule has 4 rings (SSSR count). The number of rotatable bonds is 4. The Kier molecular flexibility index (Phi) is 6.32. The van der Waals surface area contributed by atoms with E-state index in [1.54, 1.807) is 23.5 Å². The van der Waals surface area contributed by atoms with Gasteiger partial charge in [-0.05, 0) is 74.5 Å². The SMILES string of the molecule is CC(C(=O)N1CCc2sccc2C1)N1CCC(C(=O)Nc2cc(Cl)ccc2O)CC1. The first-order chi connectivity index (χ1) is 14.4. The van der Waals surface area contributed by atoms with Gasteiger partial charge in [-0.1, -0.05) is 11.6 Å². The minimum Gasteiger partial charge on any atom is -0.506 e. The molecule has 30 heavy (non-hydrogen) atoms. The number of amides is 2. The molecule has 1 atom stereocenters. The fraction of sp³-hybridized carbons (Fsp3) is 0.455. The number of likely N-dealkylation sites (tertiary alicyclic amines) is 1. The molecule has 2 aliphatic heterocycles. The summed E-state index contributed by atoms with van der Waals surface area (Å²) in [5.74, 6) is -0.101. The first-order valence-electron chi connectivity index (χ1n) is 10.3. The molecule has 1 unspecified atom stereocenters. The van der Waals surface area contributed by atoms with E-state index < -0.39 is 0 Å². The summed E-state index contributed by atoms with van der Waals surface area (Å²) >= 11 is 7.72. The lowest BCUT2D eigenvalue weighted by molar-refractivity contribution is -0.138. The maximum absolute atomic E-state index is 13.0. The van der Waals surface area contributed by atoms with E-state index in [0.717, 1.165) is 13.0 Å². The number of aromatic hydroxyl groups is 1. The number of hydrogen-bond acceptors (Lipinski definition) is 5. The number of carbonyl (C=O) groups is 2. The van der Waals surface area contributed by atoms with Crippen molar-refractivity contribution in [1.29, 1.82) is 0 Å². The Balaban J connectivity index is 1.30. The molecule has 8 heteroatoms. The van der Waals surface area contributed by atoms with Crippen molar-refractivity contribution in [2.24, 2.45) is 5.92 Å². The smallest absolute Gasteiger partial charge is 0.239 e. The molecule has 0 spiro atoms. The highest BCUT2D eigenvalue weighted by Gasteiger charge is 2.33. The third-order valence-electron chi connectivity index (χ3n) is 6.14. The standard InChI is InChI=1S/C22H26ClN3O3S/c1-14(22(29)26-10-6-20-16(13-26)7-11-30-20)25-8-4-15(5-9-25)21(28)24-18-12-17(23)2-3-19(18)27/h2-3,7,11-12,14-15,27H,4-6,8-10,13H2,1H3,(H,24,28). The van der Waals surface area contributed by atoms with Gasteiger partial charge in [-0.2, -0.15) is 0 Å². The van der Waals surface area contributed by atoms with Crippen LogP contribution in [0, 0.1) is 5.92 Å². The normalized spacial score (nSPS) is 18.7. The first-order valence-corrected chi connectivity index (χ1v) is 11.6. The number of thiophene rings is 1. The predicted octanol–water partition coefficient (Wildman–Crippen LogP) is 3.73. The Labute approximate surface area is 185 Å². The van der Waals surface area contributed by atoms with Crippen LogP contribution in [-0.4, -0.2) is 52.4 Å². The summed E-state index contributed by atoms with van der Waals surface area (Å²) in [7, 11) is 0. The molecule has 0 radical (unpaired) electrons. The van der Waals surface area contributed by atoms with Crippen LogP contribution < -0.4 is 5.32 Å². The summed E-state index contributed by atoms with van der Waals surface area (Å²) in [5, 5.41) is 15.2. The molecule has 2 N–H and O–H groups in total. The van der Waals surface area contributed by atoms with E-state index >= 15 is 0 Å². The second-order valence-electron chi connectivity index (χ2n) is 8.02. The van der Waals surface area contributed by atoms with Crippen LogP contribution in [0.25, 0.3) is 0 Å². The molecule has 6 nitrogen and oxygen atoms in total. The molecule has 160 valence electrons. The molecular weight excluding hydrogens is 422 g/mol. The average Bonchev–Trinajstić information content (AvgIpc) is 3.23. The van der Waals surface area contributed by atoms with E-state index in [-0.39, 0.29) is 29.5 Å². The number of fused-ring (bicyclic) bond motifs is 1. The molecule has 2 aliphatic rings. The third kappa shape index (κ3) is 4.48. The van der Waals surface area contributed by atoms with Crippen LogP contribution in [0.5, 0.6) is 5.75 Å². The maximum atomic E-state index is 13.0. The molecule has 1 fully saturated rings. The van der Waals surface area contributed by atoms with Crippen molar-refractivity contribution in [1.82, 2.24) is 9.80 Å². The van der Waals surface area contributed by atoms with E-state index in [0.29, 0.717) is 43.2 Å². The molecule has 0 saturated carbocycles. The second kappa shape index (κ2) is 8.96. The zero-order chi connectivity index (χ0) is 21.3. The van der Waals surface area contributed by atoms with Gasteiger partial charge in [-0.15, -0.1) is 11.3 Å². The summed E-state index contributed by atoms with van der Waals surface area (Å²) < 4.78 is 0. The number of anilines is 1. The lowest BCUT2D eigenvalue weighted by Crippen LogP contribution is -2.51. The summed E-state index contributed by atoms with van der Waals surface area (Å²) in [6.45, 7) is 4.84. The van der Waals surface area contributed by atoms with Crippen LogP contribution in [-0.2, 0) is 22.6 Å². The number of hydrogen-bond donors (Lipinski definition) is 2. The Morgan fingerprint density at radius 1 is 1.23 bits per heavy atom. The molecular formula is C22H26ClN3O3S. The number of halogens is 1. The second-order valence-corrected chi connectivity index (χ2v) is 9.45. The number of phenolic OH excluding ortho intramolecular Hbond substituents is 1. The third-order valence-corrected chi connectivity index (χ3v) is 7.40. The van der Waals surface area contributed by atoms with E-state index in [9.17, 15) is 14.7 Å². The molecule has 0 bridgehead atoms. The van der Waals surface area contributed by atoms with E-state index in [1.165, 1.54) is 16.5 Å². The Hall–Kier alpha value is -2.09. The van der Waals surface area contributed by atoms with Crippen molar-refractivity contribution in [3.63, 3.8) is 0 Å². The van der Waals surface area contributed by atoms with Crippen LogP contribution >= 0.6 is 22.9 Å². The van der Waals surface area contributed by atoms with E-state index in [1.807, 2.05) is 11.8 Å². The van der Waals surface area contributed by atoms with Crippen LogP contribution in [0.1, 0.15) is 30.2 Å². The molecule has 1 saturated heterocycles. The van der Waals surface area contributed by atoms with Gasteiger partial charge in [0.2, 0.25) is 11.8 Å². The fourth-order valence-corrected chi connectivity index (χ4v) is 5.31. The zero-order valence-corrected chi connectivity index (χ0v) is 18.5. The topological polar surface area (TPSA) is 72.9 Å². The lowest BCUT2D eigenvalue weighted by Gasteiger charge is -2.38. The van der Waals surface area contributed by atoms with Crippen molar-refractivity contribution < 1.29 is 14.7 Å². The van der Waals surface area contributed by atoms with Crippen molar-refractivity contribution in [3.05, 3.63) is 45.1 Å². The summed E-state index contributed by atoms with van der Waals surface area (Å²) in [6, 6.07) is 6.51. The number of phenols is 1. The molecule has 3 heterocycles. The number of carbonyl (C=O) groups excluding carboxylic acids is 2. The quantitative estimate of drug-likeness (QED) is 0.700. The molecule has 0 aliphatic carbocycles. The van der Waals surface area contributed by atoms with Gasteiger partial charge in [-0.25, -0.2) is 0 Å². The highest BCUT2D eigenvalue weighted by Crippen LogP contribution is 2.29. The lowest BCUT2D eigenvalue weighted by atomic mass is 9.94. The van der Waals surface area contributed by atoms with Gasteiger partial charge in [0.15, 0.2) is 0 Å². The van der Waals surface area contributed by atoms with Crippen molar-refractivity contribution in [2.45, 2.75) is 38.8 Å². The van der Waals surface area contributed by atoms with Crippen LogP contribution in [0.2, 0.25) is 5.02 Å². The molecule has 1 aromatic carbocycles. The molecule has 2 amide bonds. The van der Waals surface area contributed by atoms with Crippen LogP contribution in [0.3, 0.4) is 0 Å². The van der Waals surface area contributed by atoms with Crippen molar-refractivity contribution >= 4 is 40.4 Å². The Bertz CT molecular complexity index is 939. The van der Waals surface area contributed by atoms with Crippen molar-refractivity contribution in [3.8, 4) is 5.75 Å². The van der Waals surface area contributed by atoms with Gasteiger partial charge in [-0.3, -0.25) is 14.5 Å². The van der Waals surface area contributed by atoms with Gasteiger partial charge < -0.3 is 15.3 Å². The van der Waals surface area contributed by atoms with Crippen LogP contribution in [0.4, 0.5) is 5.69 Å². The highest BCUT2D eigenvalue weighted by molar-refractivity contribution is 7.10. The fourth-order valence-electron chi connectivity index (χ4n) is 4.25. The first kappa shape index (κ1) is 21.2. The van der Waals surface area contributed by atoms with Gasteiger partial charge in [0, 0.05) is 28.9 Å². The zero-order valence-electron chi connectivity index (χ0n) is 16.9. The predicted molar refractivity (Wildman–Crippen MR) is 119 cm³/mol. The largest absolute Gasteiger partial charge is 0.506 e. The van der Waals surface area contributed by atoms with E-state index in [4.69, 9.17) is 11.6 Å². The van der Waals surface area contributed by atoms with Crippen molar-refractivity contribution in [2.75, 3.05) is 25.0 Å².